The third-order valence-corrected chi connectivity index (χ3v) is 7.41. The van der Waals surface area contributed by atoms with Crippen molar-refractivity contribution >= 4 is 28.5 Å². The molecule has 0 bridgehead atoms. The van der Waals surface area contributed by atoms with Crippen LogP contribution in [0, 0.1) is 13.8 Å². The zero-order chi connectivity index (χ0) is 25.6. The van der Waals surface area contributed by atoms with Crippen LogP contribution in [0.3, 0.4) is 0 Å². The number of rotatable bonds is 5. The number of hydrogen-bond donors (Lipinski definition) is 0. The van der Waals surface area contributed by atoms with Crippen LogP contribution in [0.25, 0.3) is 11.2 Å². The fraction of sp³-hybridized carbons (Fsp3) is 0.370. The van der Waals surface area contributed by atoms with Gasteiger partial charge in [-0.1, -0.05) is 41.4 Å². The minimum absolute atomic E-state index is 0.317. The first kappa shape index (κ1) is 24.3. The first-order chi connectivity index (χ1) is 17.2. The number of aromatic nitrogens is 4. The van der Waals surface area contributed by atoms with E-state index < -0.39 is 0 Å². The van der Waals surface area contributed by atoms with Crippen molar-refractivity contribution in [3.8, 4) is 0 Å². The largest absolute Gasteiger partial charge is 0.369 e. The average molecular weight is 507 g/mol. The summed E-state index contributed by atoms with van der Waals surface area (Å²) in [6.45, 7) is 8.73. The van der Waals surface area contributed by atoms with Gasteiger partial charge in [0.25, 0.3) is 5.56 Å². The average Bonchev–Trinajstić information content (AvgIpc) is 3.22. The maximum absolute atomic E-state index is 13.3. The van der Waals surface area contributed by atoms with Crippen molar-refractivity contribution in [2.45, 2.75) is 26.9 Å². The van der Waals surface area contributed by atoms with Gasteiger partial charge in [0.15, 0.2) is 11.2 Å². The van der Waals surface area contributed by atoms with Crippen LogP contribution in [0.2, 0.25) is 5.02 Å². The Kier molecular flexibility index (Phi) is 6.49. The number of fused-ring (bicyclic) bond motifs is 1. The van der Waals surface area contributed by atoms with Gasteiger partial charge < -0.3 is 9.47 Å². The molecule has 8 nitrogen and oxygen atoms in total. The second-order valence-corrected chi connectivity index (χ2v) is 10.1. The lowest BCUT2D eigenvalue weighted by molar-refractivity contribution is 0.241. The van der Waals surface area contributed by atoms with E-state index in [9.17, 15) is 9.59 Å². The maximum atomic E-state index is 13.3. The Labute approximate surface area is 215 Å². The van der Waals surface area contributed by atoms with E-state index in [0.717, 1.165) is 58.4 Å². The number of imidazole rings is 1. The number of aryl methyl sites for hydroxylation is 3. The molecule has 2 aromatic heterocycles. The van der Waals surface area contributed by atoms with Crippen LogP contribution in [0.4, 0.5) is 5.69 Å². The topological polar surface area (TPSA) is 68.3 Å². The van der Waals surface area contributed by atoms with Crippen LogP contribution >= 0.6 is 11.6 Å². The number of hydrogen-bond acceptors (Lipinski definition) is 5. The standard InChI is InChI=1S/C27H31ClN6O2/c1-18-8-9-19(2)20(14-18)16-34-23(29-25-24(34)26(35)31(4)27(36)30(25)3)17-32-10-12-33(13-11-32)22-7-5-6-21(28)15-22/h5-9,14-15H,10-13,16-17H2,1-4H3. The van der Waals surface area contributed by atoms with Gasteiger partial charge in [0.1, 0.15) is 5.82 Å². The molecule has 4 aromatic rings. The predicted molar refractivity (Wildman–Crippen MR) is 144 cm³/mol. The minimum Gasteiger partial charge on any atom is -0.369 e. The maximum Gasteiger partial charge on any atom is 0.332 e. The molecule has 0 aliphatic carbocycles. The molecule has 0 amide bonds. The van der Waals surface area contributed by atoms with Gasteiger partial charge in [0, 0.05) is 57.5 Å². The van der Waals surface area contributed by atoms with E-state index in [1.807, 2.05) is 22.8 Å². The fourth-order valence-electron chi connectivity index (χ4n) is 4.96. The van der Waals surface area contributed by atoms with Crippen molar-refractivity contribution in [1.82, 2.24) is 23.6 Å². The first-order valence-electron chi connectivity index (χ1n) is 12.2. The van der Waals surface area contributed by atoms with Crippen LogP contribution in [-0.2, 0) is 27.2 Å². The zero-order valence-electron chi connectivity index (χ0n) is 21.2. The lowest BCUT2D eigenvalue weighted by Gasteiger charge is -2.36. The van der Waals surface area contributed by atoms with Gasteiger partial charge in [-0.05, 0) is 43.2 Å². The van der Waals surface area contributed by atoms with Crippen LogP contribution in [0.5, 0.6) is 0 Å². The molecule has 0 atom stereocenters. The quantitative estimate of drug-likeness (QED) is 0.416. The monoisotopic (exact) mass is 506 g/mol. The third-order valence-electron chi connectivity index (χ3n) is 7.17. The van der Waals surface area contributed by atoms with Crippen molar-refractivity contribution in [3.05, 3.63) is 90.8 Å². The van der Waals surface area contributed by atoms with Crippen LogP contribution in [0.15, 0.2) is 52.1 Å². The molecule has 0 spiro atoms. The zero-order valence-corrected chi connectivity index (χ0v) is 21.9. The van der Waals surface area contributed by atoms with E-state index in [4.69, 9.17) is 16.6 Å². The SMILES string of the molecule is Cc1ccc(C)c(Cn2c(CN3CCN(c4cccc(Cl)c4)CC3)nc3c2c(=O)n(C)c(=O)n3C)c1. The number of nitrogens with zero attached hydrogens (tertiary/aromatic N) is 6. The van der Waals surface area contributed by atoms with Gasteiger partial charge in [-0.3, -0.25) is 18.8 Å². The second-order valence-electron chi connectivity index (χ2n) is 9.67. The van der Waals surface area contributed by atoms with E-state index >= 15 is 0 Å². The summed E-state index contributed by atoms with van der Waals surface area (Å²) >= 11 is 6.19. The van der Waals surface area contributed by atoms with Crippen molar-refractivity contribution in [2.24, 2.45) is 14.1 Å². The number of halogens is 1. The van der Waals surface area contributed by atoms with Crippen molar-refractivity contribution in [3.63, 3.8) is 0 Å². The number of piperazine rings is 1. The van der Waals surface area contributed by atoms with Gasteiger partial charge in [-0.2, -0.15) is 0 Å². The summed E-state index contributed by atoms with van der Waals surface area (Å²) in [5.74, 6) is 0.792. The van der Waals surface area contributed by atoms with E-state index in [1.165, 1.54) is 17.2 Å². The van der Waals surface area contributed by atoms with E-state index in [-0.39, 0.29) is 11.2 Å². The van der Waals surface area contributed by atoms with Gasteiger partial charge in [0.2, 0.25) is 0 Å². The van der Waals surface area contributed by atoms with E-state index in [0.29, 0.717) is 24.3 Å². The summed E-state index contributed by atoms with van der Waals surface area (Å²) in [6, 6.07) is 14.3. The molecule has 9 heteroatoms. The third kappa shape index (κ3) is 4.47. The van der Waals surface area contributed by atoms with Gasteiger partial charge in [0.05, 0.1) is 6.54 Å². The summed E-state index contributed by atoms with van der Waals surface area (Å²) < 4.78 is 4.64. The minimum atomic E-state index is -0.370. The van der Waals surface area contributed by atoms with Crippen molar-refractivity contribution in [2.75, 3.05) is 31.1 Å². The molecule has 2 aromatic carbocycles. The molecule has 1 aliphatic heterocycles. The summed E-state index contributed by atoms with van der Waals surface area (Å²) in [5, 5.41) is 0.738. The Bertz CT molecular complexity index is 1560. The summed E-state index contributed by atoms with van der Waals surface area (Å²) in [4.78, 5) is 35.4. The van der Waals surface area contributed by atoms with Crippen molar-refractivity contribution in [1.29, 1.82) is 0 Å². The molecular weight excluding hydrogens is 476 g/mol. The Morgan fingerprint density at radius 2 is 1.67 bits per heavy atom. The highest BCUT2D eigenvalue weighted by molar-refractivity contribution is 6.30. The molecule has 188 valence electrons. The highest BCUT2D eigenvalue weighted by Crippen LogP contribution is 2.23. The molecule has 0 radical (unpaired) electrons. The second kappa shape index (κ2) is 9.59. The predicted octanol–water partition coefficient (Wildman–Crippen LogP) is 3.07. The first-order valence-corrected chi connectivity index (χ1v) is 12.5. The molecule has 0 N–H and O–H groups in total. The molecule has 3 heterocycles. The summed E-state index contributed by atoms with van der Waals surface area (Å²) in [7, 11) is 3.20. The highest BCUT2D eigenvalue weighted by atomic mass is 35.5. The molecular formula is C27H31ClN6O2. The smallest absolute Gasteiger partial charge is 0.332 e. The molecule has 1 fully saturated rings. The van der Waals surface area contributed by atoms with Crippen LogP contribution < -0.4 is 16.1 Å². The van der Waals surface area contributed by atoms with E-state index in [2.05, 4.69) is 47.9 Å². The molecule has 0 unspecified atom stereocenters. The van der Waals surface area contributed by atoms with Crippen LogP contribution in [0.1, 0.15) is 22.5 Å². The Hall–Kier alpha value is -3.36. The Morgan fingerprint density at radius 1 is 0.917 bits per heavy atom. The lowest BCUT2D eigenvalue weighted by Crippen LogP contribution is -2.46. The van der Waals surface area contributed by atoms with Gasteiger partial charge >= 0.3 is 5.69 Å². The molecule has 1 aliphatic rings. The van der Waals surface area contributed by atoms with Crippen molar-refractivity contribution < 1.29 is 0 Å². The Balaban J connectivity index is 1.50. The van der Waals surface area contributed by atoms with E-state index in [1.54, 1.807) is 7.05 Å². The van der Waals surface area contributed by atoms with Gasteiger partial charge in [-0.15, -0.1) is 0 Å². The molecule has 1 saturated heterocycles. The Morgan fingerprint density at radius 3 is 2.39 bits per heavy atom. The highest BCUT2D eigenvalue weighted by Gasteiger charge is 2.23. The molecule has 36 heavy (non-hydrogen) atoms. The van der Waals surface area contributed by atoms with Crippen LogP contribution in [-0.4, -0.2) is 49.8 Å². The molecule has 5 rings (SSSR count). The lowest BCUT2D eigenvalue weighted by atomic mass is 10.1. The van der Waals surface area contributed by atoms with Gasteiger partial charge in [-0.25, -0.2) is 9.78 Å². The normalized spacial score (nSPS) is 14.6. The fourth-order valence-corrected chi connectivity index (χ4v) is 5.15. The summed E-state index contributed by atoms with van der Waals surface area (Å²) in [5.41, 5.74) is 4.80. The summed E-state index contributed by atoms with van der Waals surface area (Å²) in [6.07, 6.45) is 0. The number of anilines is 1. The molecule has 0 saturated carbocycles. The number of benzene rings is 2.